The average molecular weight is 284 g/mol. The van der Waals surface area contributed by atoms with E-state index < -0.39 is 0 Å². The molecule has 5 rings (SSSR count). The van der Waals surface area contributed by atoms with Crippen LogP contribution >= 0.6 is 0 Å². The maximum Gasteiger partial charge on any atom is 0.143 e. The number of nitrogens with one attached hydrogen (secondary N) is 1. The van der Waals surface area contributed by atoms with E-state index in [-0.39, 0.29) is 5.41 Å². The molecule has 0 spiro atoms. The summed E-state index contributed by atoms with van der Waals surface area (Å²) in [6, 6.07) is 2.11. The minimum atomic E-state index is 0.216. The average Bonchev–Trinajstić information content (AvgIpc) is 3.25. The van der Waals surface area contributed by atoms with Gasteiger partial charge in [-0.3, -0.25) is 4.68 Å². The topological polar surface area (TPSA) is 55.9 Å². The standard InChI is InChI=1S/C16H20N4O/c1-10-14(13-4-5-20(18-13)8-11-2-3-11)15(19-21-10)16-6-12(16)7-17-9-16/h4-5,11-12,17H,2-3,6-9H2,1H3. The molecule has 2 atom stereocenters. The Morgan fingerprint density at radius 2 is 2.38 bits per heavy atom. The van der Waals surface area contributed by atoms with Crippen LogP contribution in [-0.2, 0) is 12.0 Å². The van der Waals surface area contributed by atoms with Gasteiger partial charge in [0.25, 0.3) is 0 Å². The highest BCUT2D eigenvalue weighted by atomic mass is 16.5. The molecule has 0 aromatic carbocycles. The lowest BCUT2D eigenvalue weighted by Gasteiger charge is -2.09. The molecular formula is C16H20N4O. The fourth-order valence-electron chi connectivity index (χ4n) is 3.88. The van der Waals surface area contributed by atoms with Crippen LogP contribution in [0.25, 0.3) is 11.3 Å². The molecule has 3 heterocycles. The lowest BCUT2D eigenvalue weighted by atomic mass is 9.95. The van der Waals surface area contributed by atoms with Gasteiger partial charge in [0.15, 0.2) is 0 Å². The zero-order valence-corrected chi connectivity index (χ0v) is 12.3. The fraction of sp³-hybridized carbons (Fsp3) is 0.625. The Morgan fingerprint density at radius 1 is 1.48 bits per heavy atom. The minimum absolute atomic E-state index is 0.216. The van der Waals surface area contributed by atoms with E-state index in [4.69, 9.17) is 9.62 Å². The Hall–Kier alpha value is -1.62. The van der Waals surface area contributed by atoms with Gasteiger partial charge >= 0.3 is 0 Å². The van der Waals surface area contributed by atoms with E-state index in [0.717, 1.165) is 54.2 Å². The number of hydrogen-bond donors (Lipinski definition) is 1. The Bertz CT molecular complexity index is 699. The Morgan fingerprint density at radius 3 is 3.10 bits per heavy atom. The van der Waals surface area contributed by atoms with Crippen LogP contribution < -0.4 is 5.32 Å². The second-order valence-corrected chi connectivity index (χ2v) is 7.02. The third-order valence-corrected chi connectivity index (χ3v) is 5.44. The van der Waals surface area contributed by atoms with E-state index in [1.807, 2.05) is 6.92 Å². The number of nitrogens with zero attached hydrogens (tertiary/aromatic N) is 3. The summed E-state index contributed by atoms with van der Waals surface area (Å²) in [5.41, 5.74) is 3.51. The molecule has 1 saturated heterocycles. The lowest BCUT2D eigenvalue weighted by Crippen LogP contribution is -2.20. The second kappa shape index (κ2) is 3.97. The summed E-state index contributed by atoms with van der Waals surface area (Å²) in [5.74, 6) is 2.47. The van der Waals surface area contributed by atoms with Crippen molar-refractivity contribution in [3.8, 4) is 11.3 Å². The first-order chi connectivity index (χ1) is 10.3. The molecule has 0 amide bonds. The molecule has 5 heteroatoms. The van der Waals surface area contributed by atoms with E-state index in [2.05, 4.69) is 27.4 Å². The number of hydrogen-bond acceptors (Lipinski definition) is 4. The molecule has 1 N–H and O–H groups in total. The molecule has 3 fully saturated rings. The summed E-state index contributed by atoms with van der Waals surface area (Å²) in [7, 11) is 0. The van der Waals surface area contributed by atoms with E-state index in [0.29, 0.717) is 0 Å². The number of fused-ring (bicyclic) bond motifs is 1. The maximum absolute atomic E-state index is 5.53. The third-order valence-electron chi connectivity index (χ3n) is 5.44. The van der Waals surface area contributed by atoms with Gasteiger partial charge in [0.1, 0.15) is 11.5 Å². The van der Waals surface area contributed by atoms with E-state index in [1.54, 1.807) is 0 Å². The molecule has 2 aromatic rings. The van der Waals surface area contributed by atoms with Crippen molar-refractivity contribution in [3.05, 3.63) is 23.7 Å². The predicted octanol–water partition coefficient (Wildman–Crippen LogP) is 2.12. The molecule has 2 aliphatic carbocycles. The number of aromatic nitrogens is 3. The smallest absolute Gasteiger partial charge is 0.143 e. The van der Waals surface area contributed by atoms with E-state index in [9.17, 15) is 0 Å². The van der Waals surface area contributed by atoms with Gasteiger partial charge in [-0.2, -0.15) is 5.10 Å². The Kier molecular flexibility index (Phi) is 2.27. The molecule has 1 aliphatic heterocycles. The Balaban J connectivity index is 1.53. The molecular weight excluding hydrogens is 264 g/mol. The quantitative estimate of drug-likeness (QED) is 0.934. The third kappa shape index (κ3) is 1.73. The van der Waals surface area contributed by atoms with Crippen molar-refractivity contribution >= 4 is 0 Å². The molecule has 3 aliphatic rings. The predicted molar refractivity (Wildman–Crippen MR) is 77.8 cm³/mol. The van der Waals surface area contributed by atoms with Crippen molar-refractivity contribution in [3.63, 3.8) is 0 Å². The van der Waals surface area contributed by atoms with Crippen molar-refractivity contribution < 1.29 is 4.52 Å². The highest BCUT2D eigenvalue weighted by Gasteiger charge is 2.61. The highest BCUT2D eigenvalue weighted by Crippen LogP contribution is 2.58. The summed E-state index contributed by atoms with van der Waals surface area (Å²) in [4.78, 5) is 0. The summed E-state index contributed by atoms with van der Waals surface area (Å²) < 4.78 is 7.61. The molecule has 2 saturated carbocycles. The molecule has 21 heavy (non-hydrogen) atoms. The van der Waals surface area contributed by atoms with Crippen molar-refractivity contribution in [1.29, 1.82) is 0 Å². The van der Waals surface area contributed by atoms with Gasteiger partial charge < -0.3 is 9.84 Å². The normalized spacial score (nSPS) is 30.6. The van der Waals surface area contributed by atoms with Gasteiger partial charge in [-0.05, 0) is 50.6 Å². The first-order valence-corrected chi connectivity index (χ1v) is 7.97. The maximum atomic E-state index is 5.53. The van der Waals surface area contributed by atoms with Crippen molar-refractivity contribution in [2.75, 3.05) is 13.1 Å². The summed E-state index contributed by atoms with van der Waals surface area (Å²) >= 11 is 0. The molecule has 5 nitrogen and oxygen atoms in total. The first-order valence-electron chi connectivity index (χ1n) is 7.97. The fourth-order valence-corrected chi connectivity index (χ4v) is 3.88. The molecule has 2 aromatic heterocycles. The zero-order chi connectivity index (χ0) is 14.0. The minimum Gasteiger partial charge on any atom is -0.361 e. The van der Waals surface area contributed by atoms with Gasteiger partial charge in [-0.15, -0.1) is 0 Å². The van der Waals surface area contributed by atoms with E-state index >= 15 is 0 Å². The summed E-state index contributed by atoms with van der Waals surface area (Å²) in [6.45, 7) is 5.19. The van der Waals surface area contributed by atoms with Crippen molar-refractivity contribution in [2.24, 2.45) is 11.8 Å². The molecule has 2 unspecified atom stereocenters. The van der Waals surface area contributed by atoms with Crippen LogP contribution in [0.4, 0.5) is 0 Å². The van der Waals surface area contributed by atoms with Crippen LogP contribution in [0.1, 0.15) is 30.7 Å². The first kappa shape index (κ1) is 12.0. The Labute approximate surface area is 123 Å². The number of piperidine rings is 1. The van der Waals surface area contributed by atoms with Gasteiger partial charge in [0, 0.05) is 24.7 Å². The summed E-state index contributed by atoms with van der Waals surface area (Å²) in [6.07, 6.45) is 6.03. The highest BCUT2D eigenvalue weighted by molar-refractivity contribution is 5.66. The van der Waals surface area contributed by atoms with Gasteiger partial charge in [0.05, 0.1) is 11.3 Å². The van der Waals surface area contributed by atoms with Gasteiger partial charge in [-0.25, -0.2) is 0 Å². The van der Waals surface area contributed by atoms with Crippen LogP contribution in [-0.4, -0.2) is 28.0 Å². The number of aryl methyl sites for hydroxylation is 1. The molecule has 0 radical (unpaired) electrons. The monoisotopic (exact) mass is 284 g/mol. The number of rotatable bonds is 4. The molecule has 110 valence electrons. The largest absolute Gasteiger partial charge is 0.361 e. The van der Waals surface area contributed by atoms with Crippen molar-refractivity contribution in [2.45, 2.75) is 38.1 Å². The second-order valence-electron chi connectivity index (χ2n) is 7.02. The van der Waals surface area contributed by atoms with Gasteiger partial charge in [-0.1, -0.05) is 5.16 Å². The molecule has 0 bridgehead atoms. The van der Waals surface area contributed by atoms with Crippen molar-refractivity contribution in [1.82, 2.24) is 20.3 Å². The van der Waals surface area contributed by atoms with Crippen LogP contribution in [0.2, 0.25) is 0 Å². The van der Waals surface area contributed by atoms with Crippen LogP contribution in [0, 0.1) is 18.8 Å². The SMILES string of the molecule is Cc1onc(C23CNCC2C3)c1-c1ccn(CC2CC2)n1. The van der Waals surface area contributed by atoms with Crippen LogP contribution in [0.5, 0.6) is 0 Å². The lowest BCUT2D eigenvalue weighted by molar-refractivity contribution is 0.383. The van der Waals surface area contributed by atoms with Gasteiger partial charge in [0.2, 0.25) is 0 Å². The van der Waals surface area contributed by atoms with E-state index in [1.165, 1.54) is 19.3 Å². The van der Waals surface area contributed by atoms with Crippen LogP contribution in [0.15, 0.2) is 16.8 Å². The zero-order valence-electron chi connectivity index (χ0n) is 12.3. The van der Waals surface area contributed by atoms with Crippen LogP contribution in [0.3, 0.4) is 0 Å². The summed E-state index contributed by atoms with van der Waals surface area (Å²) in [5, 5.41) is 12.7.